The third-order valence-corrected chi connectivity index (χ3v) is 5.56. The average Bonchev–Trinajstić information content (AvgIpc) is 2.80. The summed E-state index contributed by atoms with van der Waals surface area (Å²) < 4.78 is 3.20. The Morgan fingerprint density at radius 1 is 1.30 bits per heavy atom. The van der Waals surface area contributed by atoms with Gasteiger partial charge < -0.3 is 5.32 Å². The van der Waals surface area contributed by atoms with Crippen molar-refractivity contribution in [1.29, 1.82) is 0 Å². The predicted octanol–water partition coefficient (Wildman–Crippen LogP) is 5.71. The Kier molecular flexibility index (Phi) is 6.68. The number of hydrogen-bond acceptors (Lipinski definition) is 3. The van der Waals surface area contributed by atoms with E-state index in [1.54, 1.807) is 11.3 Å². The smallest absolute Gasteiger partial charge is 0.0719 e. The van der Waals surface area contributed by atoms with Crippen LogP contribution in [-0.4, -0.2) is 11.5 Å². The first-order chi connectivity index (χ1) is 9.60. The molecule has 2 aromatic rings. The summed E-state index contributed by atoms with van der Waals surface area (Å²) in [5.41, 5.74) is 1.06. The van der Waals surface area contributed by atoms with Gasteiger partial charge in [0.1, 0.15) is 0 Å². The molecule has 0 spiro atoms. The van der Waals surface area contributed by atoms with Gasteiger partial charge in [-0.25, -0.2) is 0 Å². The van der Waals surface area contributed by atoms with Gasteiger partial charge >= 0.3 is 0 Å². The molecule has 0 radical (unpaired) electrons. The first-order valence-electron chi connectivity index (χ1n) is 6.38. The van der Waals surface area contributed by atoms with E-state index in [0.29, 0.717) is 0 Å². The van der Waals surface area contributed by atoms with Gasteiger partial charge in [-0.1, -0.05) is 6.92 Å². The lowest BCUT2D eigenvalue weighted by atomic mass is 10.1. The van der Waals surface area contributed by atoms with E-state index in [1.807, 2.05) is 12.3 Å². The van der Waals surface area contributed by atoms with Crippen molar-refractivity contribution in [2.45, 2.75) is 25.8 Å². The number of hydrogen-bond donors (Lipinski definition) is 1. The second-order valence-electron chi connectivity index (χ2n) is 4.44. The molecular formula is C14H15Br3N2S. The van der Waals surface area contributed by atoms with E-state index < -0.39 is 0 Å². The van der Waals surface area contributed by atoms with E-state index >= 15 is 0 Å². The number of halogens is 3. The van der Waals surface area contributed by atoms with Gasteiger partial charge in [0.2, 0.25) is 0 Å². The molecule has 2 heterocycles. The molecule has 2 aromatic heterocycles. The van der Waals surface area contributed by atoms with E-state index in [0.717, 1.165) is 34.0 Å². The van der Waals surface area contributed by atoms with E-state index in [-0.39, 0.29) is 6.04 Å². The molecule has 108 valence electrons. The fourth-order valence-electron chi connectivity index (χ4n) is 1.93. The zero-order valence-electron chi connectivity index (χ0n) is 11.0. The first kappa shape index (κ1) is 16.6. The van der Waals surface area contributed by atoms with Gasteiger partial charge in [0, 0.05) is 26.4 Å². The van der Waals surface area contributed by atoms with E-state index in [1.165, 1.54) is 8.66 Å². The van der Waals surface area contributed by atoms with Crippen molar-refractivity contribution >= 4 is 59.1 Å². The van der Waals surface area contributed by atoms with Crippen LogP contribution in [0.1, 0.15) is 30.0 Å². The molecule has 0 saturated heterocycles. The fourth-order valence-corrected chi connectivity index (χ4v) is 4.72. The summed E-state index contributed by atoms with van der Waals surface area (Å²) in [5.74, 6) is 0. The quantitative estimate of drug-likeness (QED) is 0.570. The van der Waals surface area contributed by atoms with Crippen LogP contribution < -0.4 is 5.32 Å². The SMILES string of the molecule is CCCNC(Cc1ccc(Br)s1)c1ncc(Br)cc1Br. The number of pyridine rings is 1. The third-order valence-electron chi connectivity index (χ3n) is 2.84. The monoisotopic (exact) mass is 480 g/mol. The second-order valence-corrected chi connectivity index (χ2v) is 8.75. The van der Waals surface area contributed by atoms with Crippen LogP contribution in [0, 0.1) is 0 Å². The normalized spacial score (nSPS) is 12.6. The lowest BCUT2D eigenvalue weighted by Gasteiger charge is -2.18. The largest absolute Gasteiger partial charge is 0.308 e. The van der Waals surface area contributed by atoms with Gasteiger partial charge in [0.25, 0.3) is 0 Å². The van der Waals surface area contributed by atoms with Crippen molar-refractivity contribution in [3.05, 3.63) is 47.7 Å². The molecule has 0 aliphatic carbocycles. The van der Waals surface area contributed by atoms with Crippen molar-refractivity contribution in [3.63, 3.8) is 0 Å². The molecule has 0 amide bonds. The van der Waals surface area contributed by atoms with Gasteiger partial charge in [-0.15, -0.1) is 11.3 Å². The molecule has 0 aliphatic rings. The van der Waals surface area contributed by atoms with Gasteiger partial charge in [-0.2, -0.15) is 0 Å². The summed E-state index contributed by atoms with van der Waals surface area (Å²) in [6.45, 7) is 3.16. The molecule has 1 N–H and O–H groups in total. The number of rotatable bonds is 6. The highest BCUT2D eigenvalue weighted by atomic mass is 79.9. The molecule has 1 unspecified atom stereocenters. The third kappa shape index (κ3) is 4.63. The summed E-state index contributed by atoms with van der Waals surface area (Å²) in [5, 5.41) is 3.59. The van der Waals surface area contributed by atoms with Crippen molar-refractivity contribution in [1.82, 2.24) is 10.3 Å². The average molecular weight is 483 g/mol. The Morgan fingerprint density at radius 3 is 2.70 bits per heavy atom. The number of nitrogens with one attached hydrogen (secondary N) is 1. The highest BCUT2D eigenvalue weighted by molar-refractivity contribution is 9.11. The Morgan fingerprint density at radius 2 is 2.10 bits per heavy atom. The molecule has 1 atom stereocenters. The maximum Gasteiger partial charge on any atom is 0.0719 e. The standard InChI is InChI=1S/C14H15Br3N2S/c1-2-5-18-12(7-10-3-4-13(17)20-10)14-11(16)6-9(15)8-19-14/h3-4,6,8,12,18H,2,5,7H2,1H3. The molecule has 2 nitrogen and oxygen atoms in total. The highest BCUT2D eigenvalue weighted by Crippen LogP contribution is 2.30. The molecule has 0 fully saturated rings. The molecule has 0 aliphatic heterocycles. The van der Waals surface area contributed by atoms with E-state index in [9.17, 15) is 0 Å². The molecule has 6 heteroatoms. The summed E-state index contributed by atoms with van der Waals surface area (Å²) in [4.78, 5) is 5.92. The lowest BCUT2D eigenvalue weighted by molar-refractivity contribution is 0.518. The topological polar surface area (TPSA) is 24.9 Å². The van der Waals surface area contributed by atoms with Crippen LogP contribution in [0.5, 0.6) is 0 Å². The highest BCUT2D eigenvalue weighted by Gasteiger charge is 2.17. The predicted molar refractivity (Wildman–Crippen MR) is 96.4 cm³/mol. The van der Waals surface area contributed by atoms with Crippen LogP contribution in [0.15, 0.2) is 37.1 Å². The van der Waals surface area contributed by atoms with Gasteiger partial charge in [0.05, 0.1) is 15.5 Å². The molecular weight excluding hydrogens is 468 g/mol. The minimum atomic E-state index is 0.225. The zero-order valence-corrected chi connectivity index (χ0v) is 16.6. The van der Waals surface area contributed by atoms with E-state index in [2.05, 4.69) is 77.1 Å². The maximum atomic E-state index is 4.57. The summed E-state index contributed by atoms with van der Waals surface area (Å²) in [6.07, 6.45) is 3.91. The first-order valence-corrected chi connectivity index (χ1v) is 9.58. The Bertz CT molecular complexity index is 571. The summed E-state index contributed by atoms with van der Waals surface area (Å²) in [6, 6.07) is 6.54. The van der Waals surface area contributed by atoms with Gasteiger partial charge in [-0.3, -0.25) is 4.98 Å². The molecule has 0 saturated carbocycles. The molecule has 0 aromatic carbocycles. The van der Waals surface area contributed by atoms with Crippen molar-refractivity contribution < 1.29 is 0 Å². The lowest BCUT2D eigenvalue weighted by Crippen LogP contribution is -2.25. The van der Waals surface area contributed by atoms with Gasteiger partial charge in [-0.05, 0) is 79.0 Å². The van der Waals surface area contributed by atoms with Crippen LogP contribution in [0.4, 0.5) is 0 Å². The van der Waals surface area contributed by atoms with Crippen LogP contribution in [0.2, 0.25) is 0 Å². The van der Waals surface area contributed by atoms with Crippen LogP contribution in [0.25, 0.3) is 0 Å². The fraction of sp³-hybridized carbons (Fsp3) is 0.357. The molecule has 0 bridgehead atoms. The number of aromatic nitrogens is 1. The van der Waals surface area contributed by atoms with Gasteiger partial charge in [0.15, 0.2) is 0 Å². The Labute approximate surface area is 148 Å². The maximum absolute atomic E-state index is 4.57. The Balaban J connectivity index is 2.22. The van der Waals surface area contributed by atoms with Crippen LogP contribution in [-0.2, 0) is 6.42 Å². The van der Waals surface area contributed by atoms with Crippen molar-refractivity contribution in [2.24, 2.45) is 0 Å². The zero-order chi connectivity index (χ0) is 14.5. The number of thiophene rings is 1. The van der Waals surface area contributed by atoms with Crippen LogP contribution >= 0.6 is 59.1 Å². The second kappa shape index (κ2) is 8.03. The minimum Gasteiger partial charge on any atom is -0.308 e. The van der Waals surface area contributed by atoms with E-state index in [4.69, 9.17) is 0 Å². The minimum absolute atomic E-state index is 0.225. The summed E-state index contributed by atoms with van der Waals surface area (Å²) >= 11 is 12.4. The Hall–Kier alpha value is 0.250. The number of nitrogens with zero attached hydrogens (tertiary/aromatic N) is 1. The van der Waals surface area contributed by atoms with Crippen molar-refractivity contribution in [3.8, 4) is 0 Å². The van der Waals surface area contributed by atoms with Crippen LogP contribution in [0.3, 0.4) is 0 Å². The molecule has 20 heavy (non-hydrogen) atoms. The van der Waals surface area contributed by atoms with Crippen molar-refractivity contribution in [2.75, 3.05) is 6.54 Å². The summed E-state index contributed by atoms with van der Waals surface area (Å²) in [7, 11) is 0. The molecule has 2 rings (SSSR count).